The summed E-state index contributed by atoms with van der Waals surface area (Å²) in [4.78, 5) is 16.2. The summed E-state index contributed by atoms with van der Waals surface area (Å²) in [6.45, 7) is 4.08. The fraction of sp³-hybridized carbons (Fsp3) is 0.231. The Kier molecular flexibility index (Phi) is 3.52. The number of aromatic nitrogens is 2. The van der Waals surface area contributed by atoms with Crippen LogP contribution in [-0.4, -0.2) is 9.55 Å². The van der Waals surface area contributed by atoms with Crippen LogP contribution in [0.1, 0.15) is 17.1 Å². The highest BCUT2D eigenvalue weighted by Crippen LogP contribution is 2.19. The first-order chi connectivity index (χ1) is 8.47. The Morgan fingerprint density at radius 3 is 2.67 bits per heavy atom. The third-order valence-corrected chi connectivity index (χ3v) is 3.26. The number of rotatable bonds is 2. The number of hydrogen-bond donors (Lipinski definition) is 1. The monoisotopic (exact) mass is 307 g/mol. The van der Waals surface area contributed by atoms with Crippen LogP contribution in [0.5, 0.6) is 0 Å². The number of nitrogens with two attached hydrogens (primary N) is 1. The van der Waals surface area contributed by atoms with Gasteiger partial charge in [0.05, 0.1) is 6.54 Å². The van der Waals surface area contributed by atoms with Crippen LogP contribution >= 0.6 is 15.9 Å². The standard InChI is InChI=1S/C13H14BrN3O/c1-8-5-13(18)17(9(2)16-8)7-10-3-4-11(14)6-12(10)15/h3-6H,7,15H2,1-2H3. The summed E-state index contributed by atoms with van der Waals surface area (Å²) in [7, 11) is 0. The molecule has 0 aliphatic rings. The number of anilines is 1. The molecule has 0 spiro atoms. The van der Waals surface area contributed by atoms with E-state index in [1.807, 2.05) is 32.0 Å². The molecule has 0 atom stereocenters. The lowest BCUT2D eigenvalue weighted by atomic mass is 10.2. The third kappa shape index (κ3) is 2.61. The molecule has 0 amide bonds. The van der Waals surface area contributed by atoms with Gasteiger partial charge < -0.3 is 5.73 Å². The highest BCUT2D eigenvalue weighted by molar-refractivity contribution is 9.10. The molecular formula is C13H14BrN3O. The van der Waals surface area contributed by atoms with Crippen molar-refractivity contribution in [2.24, 2.45) is 0 Å². The maximum Gasteiger partial charge on any atom is 0.254 e. The molecule has 0 fully saturated rings. The Hall–Kier alpha value is -1.62. The summed E-state index contributed by atoms with van der Waals surface area (Å²) < 4.78 is 2.54. The van der Waals surface area contributed by atoms with Crippen molar-refractivity contribution in [3.05, 3.63) is 56.2 Å². The minimum atomic E-state index is -0.0534. The van der Waals surface area contributed by atoms with Gasteiger partial charge >= 0.3 is 0 Å². The van der Waals surface area contributed by atoms with Crippen LogP contribution in [0.2, 0.25) is 0 Å². The molecule has 2 aromatic rings. The second-order valence-electron chi connectivity index (χ2n) is 4.21. The summed E-state index contributed by atoms with van der Waals surface area (Å²) in [5.74, 6) is 0.697. The normalized spacial score (nSPS) is 10.6. The van der Waals surface area contributed by atoms with Gasteiger partial charge in [0.2, 0.25) is 0 Å². The van der Waals surface area contributed by atoms with Crippen molar-refractivity contribution in [1.29, 1.82) is 0 Å². The van der Waals surface area contributed by atoms with Crippen LogP contribution in [0.3, 0.4) is 0 Å². The van der Waals surface area contributed by atoms with Crippen LogP contribution in [0.4, 0.5) is 5.69 Å². The zero-order valence-electron chi connectivity index (χ0n) is 10.3. The van der Waals surface area contributed by atoms with Crippen molar-refractivity contribution in [3.63, 3.8) is 0 Å². The first kappa shape index (κ1) is 12.8. The van der Waals surface area contributed by atoms with E-state index in [2.05, 4.69) is 20.9 Å². The molecule has 4 nitrogen and oxygen atoms in total. The molecule has 0 saturated heterocycles. The molecule has 0 aliphatic carbocycles. The lowest BCUT2D eigenvalue weighted by Crippen LogP contribution is -2.24. The van der Waals surface area contributed by atoms with Crippen molar-refractivity contribution >= 4 is 21.6 Å². The fourth-order valence-corrected chi connectivity index (χ4v) is 2.22. The number of nitrogen functional groups attached to an aromatic ring is 1. The topological polar surface area (TPSA) is 60.9 Å². The van der Waals surface area contributed by atoms with Crippen LogP contribution in [0, 0.1) is 13.8 Å². The molecule has 1 aromatic carbocycles. The van der Waals surface area contributed by atoms with Gasteiger partial charge in [0.1, 0.15) is 5.82 Å². The zero-order chi connectivity index (χ0) is 13.3. The van der Waals surface area contributed by atoms with Gasteiger partial charge in [-0.25, -0.2) is 4.98 Å². The molecule has 0 saturated carbocycles. The molecule has 94 valence electrons. The van der Waals surface area contributed by atoms with Crippen LogP contribution in [0.15, 0.2) is 33.5 Å². The van der Waals surface area contributed by atoms with Gasteiger partial charge in [0.25, 0.3) is 5.56 Å². The van der Waals surface area contributed by atoms with Gasteiger partial charge in [-0.1, -0.05) is 22.0 Å². The second kappa shape index (κ2) is 4.94. The number of nitrogens with zero attached hydrogens (tertiary/aromatic N) is 2. The highest BCUT2D eigenvalue weighted by atomic mass is 79.9. The smallest absolute Gasteiger partial charge is 0.254 e. The third-order valence-electron chi connectivity index (χ3n) is 2.76. The first-order valence-electron chi connectivity index (χ1n) is 5.56. The molecule has 0 unspecified atom stereocenters. The number of halogens is 1. The molecule has 0 radical (unpaired) electrons. The Morgan fingerprint density at radius 1 is 1.33 bits per heavy atom. The van der Waals surface area contributed by atoms with E-state index in [-0.39, 0.29) is 5.56 Å². The maximum absolute atomic E-state index is 11.9. The van der Waals surface area contributed by atoms with E-state index in [9.17, 15) is 4.79 Å². The van der Waals surface area contributed by atoms with Crippen LogP contribution < -0.4 is 11.3 Å². The summed E-state index contributed by atoms with van der Waals surface area (Å²) in [5.41, 5.74) is 8.19. The number of hydrogen-bond acceptors (Lipinski definition) is 3. The van der Waals surface area contributed by atoms with Crippen molar-refractivity contribution in [3.8, 4) is 0 Å². The Labute approximate surface area is 114 Å². The van der Waals surface area contributed by atoms with Gasteiger partial charge in [0, 0.05) is 21.9 Å². The predicted molar refractivity (Wildman–Crippen MR) is 75.6 cm³/mol. The van der Waals surface area contributed by atoms with Gasteiger partial charge in [-0.3, -0.25) is 9.36 Å². The van der Waals surface area contributed by atoms with E-state index in [0.717, 1.165) is 15.7 Å². The molecule has 1 heterocycles. The summed E-state index contributed by atoms with van der Waals surface area (Å²) >= 11 is 3.36. The van der Waals surface area contributed by atoms with Gasteiger partial charge in [-0.15, -0.1) is 0 Å². The summed E-state index contributed by atoms with van der Waals surface area (Å²) in [6, 6.07) is 7.18. The largest absolute Gasteiger partial charge is 0.398 e. The quantitative estimate of drug-likeness (QED) is 0.866. The van der Waals surface area contributed by atoms with Gasteiger partial charge in [0.15, 0.2) is 0 Å². The van der Waals surface area contributed by atoms with Crippen LogP contribution in [0.25, 0.3) is 0 Å². The Bertz CT molecular complexity index is 649. The number of benzene rings is 1. The van der Waals surface area contributed by atoms with E-state index in [0.29, 0.717) is 18.1 Å². The maximum atomic E-state index is 11.9. The summed E-state index contributed by atoms with van der Waals surface area (Å²) in [5, 5.41) is 0. The highest BCUT2D eigenvalue weighted by Gasteiger charge is 2.06. The SMILES string of the molecule is Cc1cc(=O)n(Cc2ccc(Br)cc2N)c(C)n1. The van der Waals surface area contributed by atoms with Crippen molar-refractivity contribution in [2.45, 2.75) is 20.4 Å². The molecule has 1 aromatic heterocycles. The predicted octanol–water partition coefficient (Wildman–Crippen LogP) is 2.25. The Morgan fingerprint density at radius 2 is 2.06 bits per heavy atom. The molecular weight excluding hydrogens is 294 g/mol. The minimum Gasteiger partial charge on any atom is -0.398 e. The summed E-state index contributed by atoms with van der Waals surface area (Å²) in [6.07, 6.45) is 0. The molecule has 0 aliphatic heterocycles. The van der Waals surface area contributed by atoms with E-state index >= 15 is 0 Å². The van der Waals surface area contributed by atoms with Gasteiger partial charge in [-0.05, 0) is 31.5 Å². The minimum absolute atomic E-state index is 0.0534. The molecule has 18 heavy (non-hydrogen) atoms. The Balaban J connectivity index is 2.43. The van der Waals surface area contributed by atoms with Crippen molar-refractivity contribution < 1.29 is 0 Å². The first-order valence-corrected chi connectivity index (χ1v) is 6.35. The molecule has 2 rings (SSSR count). The fourth-order valence-electron chi connectivity index (χ4n) is 1.84. The van der Waals surface area contributed by atoms with Crippen LogP contribution in [-0.2, 0) is 6.54 Å². The second-order valence-corrected chi connectivity index (χ2v) is 5.13. The lowest BCUT2D eigenvalue weighted by Gasteiger charge is -2.11. The molecule has 0 bridgehead atoms. The lowest BCUT2D eigenvalue weighted by molar-refractivity contribution is 0.695. The average molecular weight is 308 g/mol. The van der Waals surface area contributed by atoms with E-state index < -0.39 is 0 Å². The average Bonchev–Trinajstić information content (AvgIpc) is 2.25. The van der Waals surface area contributed by atoms with Crippen molar-refractivity contribution in [2.75, 3.05) is 5.73 Å². The van der Waals surface area contributed by atoms with E-state index in [4.69, 9.17) is 5.73 Å². The molecule has 5 heteroatoms. The number of aryl methyl sites for hydroxylation is 2. The van der Waals surface area contributed by atoms with Crippen molar-refractivity contribution in [1.82, 2.24) is 9.55 Å². The van der Waals surface area contributed by atoms with E-state index in [1.54, 1.807) is 4.57 Å². The van der Waals surface area contributed by atoms with Gasteiger partial charge in [-0.2, -0.15) is 0 Å². The van der Waals surface area contributed by atoms with E-state index in [1.165, 1.54) is 6.07 Å². The molecule has 2 N–H and O–H groups in total. The zero-order valence-corrected chi connectivity index (χ0v) is 11.9.